The van der Waals surface area contributed by atoms with E-state index in [2.05, 4.69) is 43.7 Å². The van der Waals surface area contributed by atoms with E-state index in [1.165, 1.54) is 11.6 Å². The molecule has 0 unspecified atom stereocenters. The van der Waals surface area contributed by atoms with Gasteiger partial charge in [0, 0.05) is 54.6 Å². The Bertz CT molecular complexity index is 1160. The zero-order chi connectivity index (χ0) is 23.3. The second-order valence-electron chi connectivity index (χ2n) is 9.12. The van der Waals surface area contributed by atoms with E-state index < -0.39 is 0 Å². The van der Waals surface area contributed by atoms with E-state index in [0.717, 1.165) is 50.1 Å². The zero-order valence-electron chi connectivity index (χ0n) is 19.1. The van der Waals surface area contributed by atoms with Crippen LogP contribution in [0.1, 0.15) is 41.0 Å². The van der Waals surface area contributed by atoms with Crippen LogP contribution in [-0.2, 0) is 6.54 Å². The van der Waals surface area contributed by atoms with Gasteiger partial charge < -0.3 is 5.11 Å². The molecule has 2 aromatic carbocycles. The number of aliphatic hydroxyl groups excluding tert-OH is 1. The third-order valence-electron chi connectivity index (χ3n) is 6.99. The minimum absolute atomic E-state index is 0.139. The van der Waals surface area contributed by atoms with Crippen molar-refractivity contribution in [3.05, 3.63) is 95.3 Å². The van der Waals surface area contributed by atoms with E-state index >= 15 is 0 Å². The van der Waals surface area contributed by atoms with Gasteiger partial charge in [-0.25, -0.2) is 14.4 Å². The Hall–Kier alpha value is -3.11. The number of rotatable bonds is 4. The fraction of sp³-hybridized carbons (Fsp3) is 0.357. The number of hydrogen-bond acceptors (Lipinski definition) is 5. The molecule has 2 fully saturated rings. The zero-order valence-corrected chi connectivity index (χ0v) is 19.1. The molecule has 34 heavy (non-hydrogen) atoms. The molecule has 0 bridgehead atoms. The Kier molecular flexibility index (Phi) is 6.96. The maximum Gasteiger partial charge on any atom is 0.138 e. The van der Waals surface area contributed by atoms with Gasteiger partial charge in [-0.3, -0.25) is 9.80 Å². The topological polar surface area (TPSA) is 52.5 Å². The summed E-state index contributed by atoms with van der Waals surface area (Å²) in [6.07, 6.45) is 7.62. The molecule has 1 aromatic heterocycles. The summed E-state index contributed by atoms with van der Waals surface area (Å²) >= 11 is 0. The molecule has 3 aromatic rings. The lowest BCUT2D eigenvalue weighted by Gasteiger charge is -2.57. The highest BCUT2D eigenvalue weighted by Crippen LogP contribution is 2.42. The molecule has 1 N–H and O–H groups in total. The molecule has 2 saturated heterocycles. The molecule has 3 atom stereocenters. The summed E-state index contributed by atoms with van der Waals surface area (Å²) in [5.41, 5.74) is 3.61. The van der Waals surface area contributed by atoms with Gasteiger partial charge in [0.15, 0.2) is 0 Å². The van der Waals surface area contributed by atoms with E-state index in [0.29, 0.717) is 11.6 Å². The molecule has 0 aliphatic carbocycles. The standard InChI is InChI=1S/C28H29FN4O/c29-25-6-2-1-5-23(25)10-7-21-8-11-24(12-9-21)28-26-18-32(17-22-15-30-20-31-16-22)13-3-4-14-33(26)27(28)19-34/h1-2,5-6,8-9,11-12,15-16,20,26-28,34H,3-4,13-14,17-19H2/t26-,27+,28-/m1/s1. The van der Waals surface area contributed by atoms with Crippen molar-refractivity contribution in [1.82, 2.24) is 19.8 Å². The third-order valence-corrected chi connectivity index (χ3v) is 6.99. The molecule has 2 aliphatic rings. The number of fused-ring (bicyclic) bond motifs is 1. The number of aromatic nitrogens is 2. The highest BCUT2D eigenvalue weighted by Gasteiger charge is 2.48. The van der Waals surface area contributed by atoms with Gasteiger partial charge in [0.1, 0.15) is 12.1 Å². The summed E-state index contributed by atoms with van der Waals surface area (Å²) < 4.78 is 13.8. The highest BCUT2D eigenvalue weighted by molar-refractivity contribution is 5.44. The Labute approximate surface area is 200 Å². The van der Waals surface area contributed by atoms with Crippen LogP contribution < -0.4 is 0 Å². The summed E-state index contributed by atoms with van der Waals surface area (Å²) in [4.78, 5) is 13.3. The number of aliphatic hydroxyl groups is 1. The van der Waals surface area contributed by atoms with Crippen molar-refractivity contribution in [2.75, 3.05) is 26.2 Å². The molecule has 0 radical (unpaired) electrons. The van der Waals surface area contributed by atoms with Gasteiger partial charge >= 0.3 is 0 Å². The van der Waals surface area contributed by atoms with Crippen molar-refractivity contribution in [2.45, 2.75) is 37.4 Å². The van der Waals surface area contributed by atoms with Gasteiger partial charge in [-0.15, -0.1) is 0 Å². The average Bonchev–Trinajstić information content (AvgIpc) is 2.85. The van der Waals surface area contributed by atoms with Crippen LogP contribution in [0.15, 0.2) is 67.3 Å². The van der Waals surface area contributed by atoms with Crippen LogP contribution in [0.25, 0.3) is 0 Å². The van der Waals surface area contributed by atoms with Gasteiger partial charge in [-0.2, -0.15) is 0 Å². The molecule has 0 spiro atoms. The van der Waals surface area contributed by atoms with Crippen LogP contribution in [-0.4, -0.2) is 63.2 Å². The third kappa shape index (κ3) is 4.88. The maximum absolute atomic E-state index is 13.8. The Balaban J connectivity index is 1.33. The molecule has 6 heteroatoms. The molecule has 2 aliphatic heterocycles. The fourth-order valence-corrected chi connectivity index (χ4v) is 5.32. The molecule has 3 heterocycles. The lowest BCUT2D eigenvalue weighted by Crippen LogP contribution is -2.67. The van der Waals surface area contributed by atoms with E-state index in [9.17, 15) is 9.50 Å². The van der Waals surface area contributed by atoms with Crippen LogP contribution in [0.5, 0.6) is 0 Å². The van der Waals surface area contributed by atoms with Crippen molar-refractivity contribution in [2.24, 2.45) is 0 Å². The molecule has 174 valence electrons. The number of hydrogen-bond donors (Lipinski definition) is 1. The van der Waals surface area contributed by atoms with Crippen LogP contribution in [0.2, 0.25) is 0 Å². The molecule has 0 saturated carbocycles. The summed E-state index contributed by atoms with van der Waals surface area (Å²) in [5, 5.41) is 10.2. The second kappa shape index (κ2) is 10.4. The monoisotopic (exact) mass is 456 g/mol. The fourth-order valence-electron chi connectivity index (χ4n) is 5.32. The van der Waals surface area contributed by atoms with Gasteiger partial charge in [0.25, 0.3) is 0 Å². The molecular weight excluding hydrogens is 427 g/mol. The minimum Gasteiger partial charge on any atom is -0.395 e. The molecule has 5 rings (SSSR count). The first-order valence-electron chi connectivity index (χ1n) is 11.9. The Morgan fingerprint density at radius 1 is 0.971 bits per heavy atom. The van der Waals surface area contributed by atoms with Crippen LogP contribution in [0.3, 0.4) is 0 Å². The SMILES string of the molecule is OC[C@H]1[C@H](c2ccc(C#Cc3ccccc3F)cc2)[C@H]2CN(Cc3cncnc3)CCCCN21. The number of benzene rings is 2. The smallest absolute Gasteiger partial charge is 0.138 e. The predicted molar refractivity (Wildman–Crippen MR) is 129 cm³/mol. The summed E-state index contributed by atoms with van der Waals surface area (Å²) in [6, 6.07) is 15.3. The van der Waals surface area contributed by atoms with Crippen molar-refractivity contribution in [3.8, 4) is 11.8 Å². The van der Waals surface area contributed by atoms with Gasteiger partial charge in [0.05, 0.1) is 12.2 Å². The molecular formula is C28H29FN4O. The van der Waals surface area contributed by atoms with Crippen LogP contribution >= 0.6 is 0 Å². The summed E-state index contributed by atoms with van der Waals surface area (Å²) in [5.74, 6) is 5.96. The molecule has 5 nitrogen and oxygen atoms in total. The Morgan fingerprint density at radius 2 is 1.74 bits per heavy atom. The molecule has 0 amide bonds. The first kappa shape index (κ1) is 22.7. The van der Waals surface area contributed by atoms with Crippen molar-refractivity contribution in [3.63, 3.8) is 0 Å². The van der Waals surface area contributed by atoms with Crippen LogP contribution in [0, 0.1) is 17.7 Å². The first-order valence-corrected chi connectivity index (χ1v) is 11.9. The van der Waals surface area contributed by atoms with Gasteiger partial charge in [-0.1, -0.05) is 36.1 Å². The second-order valence-corrected chi connectivity index (χ2v) is 9.12. The number of nitrogens with zero attached hydrogens (tertiary/aromatic N) is 4. The van der Waals surface area contributed by atoms with Crippen molar-refractivity contribution in [1.29, 1.82) is 0 Å². The van der Waals surface area contributed by atoms with Crippen LogP contribution in [0.4, 0.5) is 4.39 Å². The minimum atomic E-state index is -0.303. The van der Waals surface area contributed by atoms with Gasteiger partial charge in [0.2, 0.25) is 0 Å². The van der Waals surface area contributed by atoms with E-state index in [1.807, 2.05) is 24.5 Å². The predicted octanol–water partition coefficient (Wildman–Crippen LogP) is 3.44. The highest BCUT2D eigenvalue weighted by atomic mass is 19.1. The lowest BCUT2D eigenvalue weighted by atomic mass is 9.74. The summed E-state index contributed by atoms with van der Waals surface area (Å²) in [6.45, 7) is 4.03. The first-order chi connectivity index (χ1) is 16.7. The number of halogens is 1. The lowest BCUT2D eigenvalue weighted by molar-refractivity contribution is -0.0655. The van der Waals surface area contributed by atoms with Crippen molar-refractivity contribution >= 4 is 0 Å². The Morgan fingerprint density at radius 3 is 2.50 bits per heavy atom. The quantitative estimate of drug-likeness (QED) is 0.610. The van der Waals surface area contributed by atoms with E-state index in [1.54, 1.807) is 24.5 Å². The van der Waals surface area contributed by atoms with Crippen molar-refractivity contribution < 1.29 is 9.50 Å². The summed E-state index contributed by atoms with van der Waals surface area (Å²) in [7, 11) is 0. The van der Waals surface area contributed by atoms with E-state index in [4.69, 9.17) is 0 Å². The average molecular weight is 457 g/mol. The maximum atomic E-state index is 13.8. The normalized spacial score (nSPS) is 23.1. The van der Waals surface area contributed by atoms with E-state index in [-0.39, 0.29) is 24.4 Å². The van der Waals surface area contributed by atoms with Gasteiger partial charge in [-0.05, 0) is 55.8 Å². The largest absolute Gasteiger partial charge is 0.395 e.